The summed E-state index contributed by atoms with van der Waals surface area (Å²) in [5.74, 6) is -0.0347. The highest BCUT2D eigenvalue weighted by molar-refractivity contribution is 5.89. The van der Waals surface area contributed by atoms with Crippen LogP contribution in [0.5, 0.6) is 0 Å². The van der Waals surface area contributed by atoms with E-state index in [0.717, 1.165) is 25.7 Å². The number of ether oxygens (including phenoxy) is 1. The predicted octanol–water partition coefficient (Wildman–Crippen LogP) is 3.51. The van der Waals surface area contributed by atoms with Crippen molar-refractivity contribution in [3.05, 3.63) is 36.5 Å². The lowest BCUT2D eigenvalue weighted by molar-refractivity contribution is -0.143. The predicted molar refractivity (Wildman–Crippen MR) is 88.4 cm³/mol. The molecule has 4 nitrogen and oxygen atoms in total. The third-order valence-corrected chi connectivity index (χ3v) is 2.86. The van der Waals surface area contributed by atoms with Crippen molar-refractivity contribution in [2.24, 2.45) is 0 Å². The molecule has 0 bridgehead atoms. The molecule has 0 aliphatic rings. The van der Waals surface area contributed by atoms with E-state index in [1.807, 2.05) is 0 Å². The molecule has 0 spiro atoms. The van der Waals surface area contributed by atoms with Crippen molar-refractivity contribution in [2.45, 2.75) is 58.5 Å². The fourth-order valence-corrected chi connectivity index (χ4v) is 1.75. The Labute approximate surface area is 133 Å². The minimum atomic E-state index is -0.459. The van der Waals surface area contributed by atoms with E-state index in [-0.39, 0.29) is 11.8 Å². The molecule has 0 radical (unpaired) electrons. The minimum Gasteiger partial charge on any atom is -0.466 e. The van der Waals surface area contributed by atoms with E-state index in [2.05, 4.69) is 0 Å². The molecule has 0 fully saturated rings. The van der Waals surface area contributed by atoms with Crippen LogP contribution in [0.15, 0.2) is 36.5 Å². The summed E-state index contributed by atoms with van der Waals surface area (Å²) in [6, 6.07) is 0. The lowest BCUT2D eigenvalue weighted by Gasteiger charge is -2.01. The molecule has 124 valence electrons. The van der Waals surface area contributed by atoms with E-state index in [1.54, 1.807) is 50.3 Å². The zero-order valence-corrected chi connectivity index (χ0v) is 13.7. The summed E-state index contributed by atoms with van der Waals surface area (Å²) in [4.78, 5) is 22.7. The van der Waals surface area contributed by atoms with Crippen LogP contribution in [-0.2, 0) is 14.3 Å². The Kier molecular flexibility index (Phi) is 13.2. The number of esters is 1. The van der Waals surface area contributed by atoms with Gasteiger partial charge in [0.15, 0.2) is 5.78 Å². The van der Waals surface area contributed by atoms with Crippen molar-refractivity contribution in [3.63, 3.8) is 0 Å². The van der Waals surface area contributed by atoms with Gasteiger partial charge in [-0.1, -0.05) is 43.2 Å². The summed E-state index contributed by atoms with van der Waals surface area (Å²) in [5.41, 5.74) is 0. The molecule has 4 heteroatoms. The van der Waals surface area contributed by atoms with Gasteiger partial charge in [0.25, 0.3) is 0 Å². The highest BCUT2D eigenvalue weighted by Gasteiger charge is 2.01. The number of allylic oxidation sites excluding steroid dienone is 5. The number of hydrogen-bond acceptors (Lipinski definition) is 4. The lowest BCUT2D eigenvalue weighted by atomic mass is 10.1. The number of aliphatic hydroxyl groups excluding tert-OH is 1. The Balaban J connectivity index is 3.59. The Morgan fingerprint density at radius 3 is 2.27 bits per heavy atom. The average Bonchev–Trinajstić information content (AvgIpc) is 2.46. The van der Waals surface area contributed by atoms with Crippen LogP contribution in [0, 0.1) is 0 Å². The van der Waals surface area contributed by atoms with Gasteiger partial charge in [-0.25, -0.2) is 0 Å². The standard InChI is InChI=1S/C18H28O4/c1-3-22-18(21)15-11-7-6-10-14-17(20)13-9-5-4-8-12-16(2)19/h4-5,8-9,12-13,16,19H,3,6-7,10-11,14-15H2,1-2H3. The molecule has 0 amide bonds. The largest absolute Gasteiger partial charge is 0.466 e. The molecule has 1 atom stereocenters. The third-order valence-electron chi connectivity index (χ3n) is 2.86. The van der Waals surface area contributed by atoms with Crippen molar-refractivity contribution in [3.8, 4) is 0 Å². The lowest BCUT2D eigenvalue weighted by Crippen LogP contribution is -2.03. The molecule has 0 aromatic rings. The maximum absolute atomic E-state index is 11.6. The first-order valence-electron chi connectivity index (χ1n) is 7.94. The molecule has 1 N–H and O–H groups in total. The SMILES string of the molecule is CCOC(=O)CCCCCCC(=O)C=CC=CC=CC(C)O. The summed E-state index contributed by atoms with van der Waals surface area (Å²) >= 11 is 0. The Morgan fingerprint density at radius 1 is 1.00 bits per heavy atom. The number of aliphatic hydroxyl groups is 1. The number of carbonyl (C=O) groups excluding carboxylic acids is 2. The summed E-state index contributed by atoms with van der Waals surface area (Å²) in [6.45, 7) is 3.91. The van der Waals surface area contributed by atoms with E-state index in [9.17, 15) is 9.59 Å². The van der Waals surface area contributed by atoms with Crippen molar-refractivity contribution in [2.75, 3.05) is 6.61 Å². The first-order valence-corrected chi connectivity index (χ1v) is 7.94. The molecule has 0 saturated heterocycles. The minimum absolute atomic E-state index is 0.106. The summed E-state index contributed by atoms with van der Waals surface area (Å²) in [7, 11) is 0. The van der Waals surface area contributed by atoms with Gasteiger partial charge in [0.1, 0.15) is 0 Å². The fraction of sp³-hybridized carbons (Fsp3) is 0.556. The maximum atomic E-state index is 11.6. The molecule has 22 heavy (non-hydrogen) atoms. The van der Waals surface area contributed by atoms with Gasteiger partial charge in [0, 0.05) is 12.8 Å². The van der Waals surface area contributed by atoms with Crippen molar-refractivity contribution in [1.29, 1.82) is 0 Å². The van der Waals surface area contributed by atoms with Crippen LogP contribution in [0.3, 0.4) is 0 Å². The Morgan fingerprint density at radius 2 is 1.64 bits per heavy atom. The second-order valence-corrected chi connectivity index (χ2v) is 5.06. The van der Waals surface area contributed by atoms with Crippen LogP contribution < -0.4 is 0 Å². The normalized spacial score (nSPS) is 13.2. The van der Waals surface area contributed by atoms with E-state index < -0.39 is 6.10 Å². The van der Waals surface area contributed by atoms with E-state index in [1.165, 1.54) is 0 Å². The topological polar surface area (TPSA) is 63.6 Å². The summed E-state index contributed by atoms with van der Waals surface area (Å²) < 4.78 is 4.84. The van der Waals surface area contributed by atoms with Crippen LogP contribution in [0.2, 0.25) is 0 Å². The van der Waals surface area contributed by atoms with Gasteiger partial charge in [-0.3, -0.25) is 9.59 Å². The second kappa shape index (κ2) is 14.3. The van der Waals surface area contributed by atoms with Gasteiger partial charge >= 0.3 is 5.97 Å². The Bertz CT molecular complexity index is 392. The van der Waals surface area contributed by atoms with Crippen LogP contribution >= 0.6 is 0 Å². The molecule has 0 heterocycles. The van der Waals surface area contributed by atoms with E-state index in [4.69, 9.17) is 9.84 Å². The number of carbonyl (C=O) groups is 2. The van der Waals surface area contributed by atoms with Crippen molar-refractivity contribution < 1.29 is 19.4 Å². The number of rotatable bonds is 12. The molecule has 0 aliphatic carbocycles. The van der Waals surface area contributed by atoms with Crippen LogP contribution in [-0.4, -0.2) is 29.6 Å². The molecule has 0 aromatic heterocycles. The number of hydrogen-bond donors (Lipinski definition) is 1. The van der Waals surface area contributed by atoms with Gasteiger partial charge in [0.05, 0.1) is 12.7 Å². The molecule has 0 rings (SSSR count). The van der Waals surface area contributed by atoms with Crippen LogP contribution in [0.4, 0.5) is 0 Å². The maximum Gasteiger partial charge on any atom is 0.305 e. The van der Waals surface area contributed by atoms with Gasteiger partial charge in [0.2, 0.25) is 0 Å². The van der Waals surface area contributed by atoms with Gasteiger partial charge in [-0.05, 0) is 32.8 Å². The van der Waals surface area contributed by atoms with Crippen molar-refractivity contribution in [1.82, 2.24) is 0 Å². The fourth-order valence-electron chi connectivity index (χ4n) is 1.75. The smallest absolute Gasteiger partial charge is 0.305 e. The molecule has 1 unspecified atom stereocenters. The van der Waals surface area contributed by atoms with Gasteiger partial charge < -0.3 is 9.84 Å². The Hall–Kier alpha value is -1.68. The summed E-state index contributed by atoms with van der Waals surface area (Å²) in [5, 5.41) is 8.99. The number of ketones is 1. The molecule has 0 aliphatic heterocycles. The summed E-state index contributed by atoms with van der Waals surface area (Å²) in [6.07, 6.45) is 14.3. The van der Waals surface area contributed by atoms with Gasteiger partial charge in [-0.15, -0.1) is 0 Å². The second-order valence-electron chi connectivity index (χ2n) is 5.06. The van der Waals surface area contributed by atoms with Crippen LogP contribution in [0.1, 0.15) is 52.4 Å². The molecule has 0 saturated carbocycles. The monoisotopic (exact) mass is 308 g/mol. The average molecular weight is 308 g/mol. The first-order chi connectivity index (χ1) is 10.6. The molecular weight excluding hydrogens is 280 g/mol. The van der Waals surface area contributed by atoms with Gasteiger partial charge in [-0.2, -0.15) is 0 Å². The number of unbranched alkanes of at least 4 members (excludes halogenated alkanes) is 3. The highest BCUT2D eigenvalue weighted by Crippen LogP contribution is 2.07. The zero-order valence-electron chi connectivity index (χ0n) is 13.7. The molecule has 0 aromatic carbocycles. The van der Waals surface area contributed by atoms with E-state index in [0.29, 0.717) is 19.4 Å². The van der Waals surface area contributed by atoms with Crippen molar-refractivity contribution >= 4 is 11.8 Å². The van der Waals surface area contributed by atoms with E-state index >= 15 is 0 Å². The first kappa shape index (κ1) is 20.3. The quantitative estimate of drug-likeness (QED) is 0.259. The molecular formula is C18H28O4. The zero-order chi connectivity index (χ0) is 16.6. The van der Waals surface area contributed by atoms with Crippen LogP contribution in [0.25, 0.3) is 0 Å². The highest BCUT2D eigenvalue weighted by atomic mass is 16.5. The third kappa shape index (κ3) is 14.7.